The second-order valence-electron chi connectivity index (χ2n) is 4.57. The Morgan fingerprint density at radius 2 is 2.11 bits per heavy atom. The standard InChI is InChI=1S/C13H22N2O3S/c1-4-12(9-18-3)15-10(2)11-6-5-7-13(8-11)19(14,16)17/h5-8,10,12,15H,4,9H2,1-3H3,(H2,14,16,17). The predicted octanol–water partition coefficient (Wildman–Crippen LogP) is 1.41. The molecule has 108 valence electrons. The summed E-state index contributed by atoms with van der Waals surface area (Å²) in [6.45, 7) is 4.68. The summed E-state index contributed by atoms with van der Waals surface area (Å²) in [5.41, 5.74) is 0.890. The van der Waals surface area contributed by atoms with E-state index in [1.165, 1.54) is 6.07 Å². The number of rotatable bonds is 7. The lowest BCUT2D eigenvalue weighted by molar-refractivity contribution is 0.159. The summed E-state index contributed by atoms with van der Waals surface area (Å²) in [4.78, 5) is 0.137. The molecule has 0 saturated carbocycles. The normalized spacial score (nSPS) is 15.2. The lowest BCUT2D eigenvalue weighted by Gasteiger charge is -2.22. The van der Waals surface area contributed by atoms with E-state index < -0.39 is 10.0 Å². The maximum atomic E-state index is 11.3. The molecule has 0 fully saturated rings. The van der Waals surface area contributed by atoms with Gasteiger partial charge in [0, 0.05) is 19.2 Å². The Bertz CT molecular complexity index is 502. The fraction of sp³-hybridized carbons (Fsp3) is 0.538. The quantitative estimate of drug-likeness (QED) is 0.794. The molecular formula is C13H22N2O3S. The van der Waals surface area contributed by atoms with Gasteiger partial charge >= 0.3 is 0 Å². The molecule has 0 aliphatic heterocycles. The molecule has 3 N–H and O–H groups in total. The molecule has 1 rings (SSSR count). The average molecular weight is 286 g/mol. The lowest BCUT2D eigenvalue weighted by Crippen LogP contribution is -2.34. The zero-order chi connectivity index (χ0) is 14.5. The number of primary sulfonamides is 1. The molecule has 0 amide bonds. The van der Waals surface area contributed by atoms with Crippen molar-refractivity contribution in [3.63, 3.8) is 0 Å². The van der Waals surface area contributed by atoms with Crippen LogP contribution < -0.4 is 10.5 Å². The Morgan fingerprint density at radius 3 is 2.63 bits per heavy atom. The number of hydrogen-bond acceptors (Lipinski definition) is 4. The van der Waals surface area contributed by atoms with Crippen LogP contribution in [0.1, 0.15) is 31.9 Å². The van der Waals surface area contributed by atoms with E-state index in [1.807, 2.05) is 13.0 Å². The largest absolute Gasteiger partial charge is 0.383 e. The third kappa shape index (κ3) is 4.91. The Hall–Kier alpha value is -0.950. The van der Waals surface area contributed by atoms with Crippen LogP contribution in [-0.2, 0) is 14.8 Å². The van der Waals surface area contributed by atoms with Crippen LogP contribution in [0.2, 0.25) is 0 Å². The molecule has 0 spiro atoms. The van der Waals surface area contributed by atoms with Crippen molar-refractivity contribution >= 4 is 10.0 Å². The van der Waals surface area contributed by atoms with E-state index in [4.69, 9.17) is 9.88 Å². The molecule has 5 nitrogen and oxygen atoms in total. The highest BCUT2D eigenvalue weighted by molar-refractivity contribution is 7.89. The molecule has 2 atom stereocenters. The molecule has 0 aliphatic carbocycles. The van der Waals surface area contributed by atoms with E-state index in [0.717, 1.165) is 12.0 Å². The van der Waals surface area contributed by atoms with Gasteiger partial charge in [-0.15, -0.1) is 0 Å². The number of methoxy groups -OCH3 is 1. The SMILES string of the molecule is CCC(COC)NC(C)c1cccc(S(N)(=O)=O)c1. The number of benzene rings is 1. The van der Waals surface area contributed by atoms with E-state index in [0.29, 0.717) is 6.61 Å². The molecule has 0 aliphatic rings. The van der Waals surface area contributed by atoms with Gasteiger partial charge < -0.3 is 10.1 Å². The molecule has 0 aromatic heterocycles. The summed E-state index contributed by atoms with van der Waals surface area (Å²) < 4.78 is 27.8. The van der Waals surface area contributed by atoms with Gasteiger partial charge in [-0.1, -0.05) is 19.1 Å². The second kappa shape index (κ2) is 7.00. The van der Waals surface area contributed by atoms with Crippen molar-refractivity contribution in [1.82, 2.24) is 5.32 Å². The zero-order valence-electron chi connectivity index (χ0n) is 11.6. The minimum atomic E-state index is -3.66. The van der Waals surface area contributed by atoms with Crippen LogP contribution in [0.25, 0.3) is 0 Å². The van der Waals surface area contributed by atoms with E-state index in [-0.39, 0.29) is 17.0 Å². The minimum Gasteiger partial charge on any atom is -0.383 e. The van der Waals surface area contributed by atoms with Crippen molar-refractivity contribution in [2.24, 2.45) is 5.14 Å². The van der Waals surface area contributed by atoms with Crippen molar-refractivity contribution in [1.29, 1.82) is 0 Å². The van der Waals surface area contributed by atoms with Crippen LogP contribution in [0.5, 0.6) is 0 Å². The molecule has 6 heteroatoms. The number of sulfonamides is 1. The monoisotopic (exact) mass is 286 g/mol. The Labute approximate surface area is 115 Å². The summed E-state index contributed by atoms with van der Waals surface area (Å²) in [6, 6.07) is 6.95. The fourth-order valence-corrected chi connectivity index (χ4v) is 2.46. The van der Waals surface area contributed by atoms with Crippen LogP contribution in [0, 0.1) is 0 Å². The first kappa shape index (κ1) is 16.1. The predicted molar refractivity (Wildman–Crippen MR) is 75.3 cm³/mol. The number of hydrogen-bond donors (Lipinski definition) is 2. The molecule has 0 saturated heterocycles. The maximum absolute atomic E-state index is 11.3. The molecule has 0 heterocycles. The Kier molecular flexibility index (Phi) is 5.93. The van der Waals surface area contributed by atoms with E-state index in [1.54, 1.807) is 19.2 Å². The van der Waals surface area contributed by atoms with E-state index in [9.17, 15) is 8.42 Å². The Balaban J connectivity index is 2.85. The first-order valence-corrected chi connectivity index (χ1v) is 7.80. The van der Waals surface area contributed by atoms with Gasteiger partial charge in [-0.2, -0.15) is 0 Å². The number of nitrogens with two attached hydrogens (primary N) is 1. The van der Waals surface area contributed by atoms with Crippen molar-refractivity contribution in [2.75, 3.05) is 13.7 Å². The molecule has 2 unspecified atom stereocenters. The topological polar surface area (TPSA) is 81.4 Å². The average Bonchev–Trinajstić information content (AvgIpc) is 2.37. The van der Waals surface area contributed by atoms with Gasteiger partial charge in [0.2, 0.25) is 10.0 Å². The van der Waals surface area contributed by atoms with Crippen LogP contribution in [0.15, 0.2) is 29.2 Å². The lowest BCUT2D eigenvalue weighted by atomic mass is 10.1. The summed E-state index contributed by atoms with van der Waals surface area (Å²) >= 11 is 0. The van der Waals surface area contributed by atoms with Crippen molar-refractivity contribution in [3.05, 3.63) is 29.8 Å². The molecule has 0 radical (unpaired) electrons. The van der Waals surface area contributed by atoms with Gasteiger partial charge in [0.25, 0.3) is 0 Å². The van der Waals surface area contributed by atoms with Crippen molar-refractivity contribution < 1.29 is 13.2 Å². The van der Waals surface area contributed by atoms with Crippen LogP contribution >= 0.6 is 0 Å². The first-order chi connectivity index (χ1) is 8.88. The third-order valence-electron chi connectivity index (χ3n) is 3.03. The molecule has 0 bridgehead atoms. The highest BCUT2D eigenvalue weighted by atomic mass is 32.2. The smallest absolute Gasteiger partial charge is 0.238 e. The van der Waals surface area contributed by atoms with E-state index >= 15 is 0 Å². The molecular weight excluding hydrogens is 264 g/mol. The van der Waals surface area contributed by atoms with Gasteiger partial charge in [0.1, 0.15) is 0 Å². The highest BCUT2D eigenvalue weighted by Crippen LogP contribution is 2.17. The van der Waals surface area contributed by atoms with Gasteiger partial charge in [-0.25, -0.2) is 13.6 Å². The number of nitrogens with one attached hydrogen (secondary N) is 1. The third-order valence-corrected chi connectivity index (χ3v) is 3.94. The molecule has 1 aromatic rings. The van der Waals surface area contributed by atoms with Crippen LogP contribution in [-0.4, -0.2) is 28.2 Å². The van der Waals surface area contributed by atoms with Crippen LogP contribution in [0.3, 0.4) is 0 Å². The van der Waals surface area contributed by atoms with Crippen LogP contribution in [0.4, 0.5) is 0 Å². The summed E-state index contributed by atoms with van der Waals surface area (Å²) in [5, 5.41) is 8.53. The van der Waals surface area contributed by atoms with Gasteiger partial charge in [-0.05, 0) is 31.0 Å². The maximum Gasteiger partial charge on any atom is 0.238 e. The zero-order valence-corrected chi connectivity index (χ0v) is 12.4. The number of ether oxygens (including phenoxy) is 1. The fourth-order valence-electron chi connectivity index (χ4n) is 1.90. The van der Waals surface area contributed by atoms with E-state index in [2.05, 4.69) is 12.2 Å². The Morgan fingerprint density at radius 1 is 1.42 bits per heavy atom. The van der Waals surface area contributed by atoms with Gasteiger partial charge in [0.15, 0.2) is 0 Å². The van der Waals surface area contributed by atoms with Gasteiger partial charge in [-0.3, -0.25) is 0 Å². The molecule has 1 aromatic carbocycles. The summed E-state index contributed by atoms with van der Waals surface area (Å²) in [7, 11) is -1.99. The van der Waals surface area contributed by atoms with Crippen molar-refractivity contribution in [3.8, 4) is 0 Å². The highest BCUT2D eigenvalue weighted by Gasteiger charge is 2.14. The molecule has 19 heavy (non-hydrogen) atoms. The minimum absolute atomic E-state index is 0.0294. The summed E-state index contributed by atoms with van der Waals surface area (Å²) in [6.07, 6.45) is 0.938. The summed E-state index contributed by atoms with van der Waals surface area (Å²) in [5.74, 6) is 0. The second-order valence-corrected chi connectivity index (χ2v) is 6.13. The first-order valence-electron chi connectivity index (χ1n) is 6.26. The van der Waals surface area contributed by atoms with Crippen molar-refractivity contribution in [2.45, 2.75) is 37.2 Å². The van der Waals surface area contributed by atoms with Gasteiger partial charge in [0.05, 0.1) is 11.5 Å².